The Balaban J connectivity index is 1.74. The lowest BCUT2D eigenvalue weighted by atomic mass is 9.90. The van der Waals surface area contributed by atoms with Crippen LogP contribution in [0.15, 0.2) is 24.3 Å². The Morgan fingerprint density at radius 1 is 1.43 bits per heavy atom. The minimum absolute atomic E-state index is 0.0196. The third-order valence-electron chi connectivity index (χ3n) is 4.77. The van der Waals surface area contributed by atoms with Crippen molar-refractivity contribution in [2.24, 2.45) is 0 Å². The second-order valence-electron chi connectivity index (χ2n) is 6.11. The molecule has 1 unspecified atom stereocenters. The van der Waals surface area contributed by atoms with Crippen molar-refractivity contribution in [3.8, 4) is 0 Å². The van der Waals surface area contributed by atoms with Gasteiger partial charge in [0.05, 0.1) is 13.2 Å². The summed E-state index contributed by atoms with van der Waals surface area (Å²) in [5, 5.41) is 3.26. The summed E-state index contributed by atoms with van der Waals surface area (Å²) >= 11 is 0. The number of carbonyl (C=O) groups is 1. The number of halogens is 1. The van der Waals surface area contributed by atoms with E-state index in [1.54, 1.807) is 18.1 Å². The third kappa shape index (κ3) is 3.39. The molecule has 2 heterocycles. The van der Waals surface area contributed by atoms with Gasteiger partial charge in [-0.15, -0.1) is 0 Å². The molecule has 1 aromatic rings. The molecule has 2 fully saturated rings. The van der Waals surface area contributed by atoms with Gasteiger partial charge in [-0.1, -0.05) is 12.1 Å². The summed E-state index contributed by atoms with van der Waals surface area (Å²) in [6, 6.07) is 6.37. The van der Waals surface area contributed by atoms with E-state index in [4.69, 9.17) is 9.47 Å². The van der Waals surface area contributed by atoms with Crippen molar-refractivity contribution in [2.75, 3.05) is 39.9 Å². The summed E-state index contributed by atoms with van der Waals surface area (Å²) in [7, 11) is 1.60. The van der Waals surface area contributed by atoms with Crippen molar-refractivity contribution >= 4 is 5.91 Å². The average Bonchev–Trinajstić information content (AvgIpc) is 2.62. The Morgan fingerprint density at radius 3 is 2.91 bits per heavy atom. The van der Waals surface area contributed by atoms with Gasteiger partial charge in [0.25, 0.3) is 5.91 Å². The molecule has 3 rings (SSSR count). The zero-order chi connectivity index (χ0) is 16.3. The number of hydrogen-bond donors (Lipinski definition) is 1. The topological polar surface area (TPSA) is 50.8 Å². The second kappa shape index (κ2) is 6.95. The number of ether oxygens (including phenoxy) is 2. The van der Waals surface area contributed by atoms with Crippen LogP contribution in [-0.4, -0.2) is 56.3 Å². The fraction of sp³-hybridized carbons (Fsp3) is 0.588. The van der Waals surface area contributed by atoms with Gasteiger partial charge in [-0.2, -0.15) is 0 Å². The molecule has 23 heavy (non-hydrogen) atoms. The maximum Gasteiger partial charge on any atom is 0.255 e. The van der Waals surface area contributed by atoms with Gasteiger partial charge in [0, 0.05) is 13.7 Å². The number of methoxy groups -OCH3 is 1. The number of nitrogens with zero attached hydrogens (tertiary/aromatic N) is 1. The lowest BCUT2D eigenvalue weighted by Gasteiger charge is -2.41. The Labute approximate surface area is 135 Å². The molecule has 1 atom stereocenters. The molecule has 2 aliphatic rings. The quantitative estimate of drug-likeness (QED) is 0.916. The normalized spacial score (nSPS) is 24.4. The first kappa shape index (κ1) is 16.4. The van der Waals surface area contributed by atoms with Crippen molar-refractivity contribution in [2.45, 2.75) is 24.5 Å². The predicted octanol–water partition coefficient (Wildman–Crippen LogP) is 1.49. The van der Waals surface area contributed by atoms with Crippen LogP contribution in [0.4, 0.5) is 4.39 Å². The summed E-state index contributed by atoms with van der Waals surface area (Å²) in [5.74, 6) is -0.271. The highest BCUT2D eigenvalue weighted by molar-refractivity contribution is 5.85. The molecular weight excluding hydrogens is 299 g/mol. The summed E-state index contributed by atoms with van der Waals surface area (Å²) in [6.07, 6.45) is 1.05. The Morgan fingerprint density at radius 2 is 2.22 bits per heavy atom. The monoisotopic (exact) mass is 322 g/mol. The van der Waals surface area contributed by atoms with E-state index in [1.807, 2.05) is 6.07 Å². The first-order valence-corrected chi connectivity index (χ1v) is 8.07. The van der Waals surface area contributed by atoms with Crippen LogP contribution in [-0.2, 0) is 14.3 Å². The van der Waals surface area contributed by atoms with Crippen molar-refractivity contribution in [3.05, 3.63) is 35.6 Å². The van der Waals surface area contributed by atoms with Crippen molar-refractivity contribution in [1.82, 2.24) is 10.2 Å². The molecule has 0 aliphatic carbocycles. The van der Waals surface area contributed by atoms with Crippen LogP contribution < -0.4 is 5.32 Å². The van der Waals surface area contributed by atoms with E-state index in [-0.39, 0.29) is 17.8 Å². The predicted molar refractivity (Wildman–Crippen MR) is 83.5 cm³/mol. The van der Waals surface area contributed by atoms with Gasteiger partial charge in [0.15, 0.2) is 0 Å². The van der Waals surface area contributed by atoms with Gasteiger partial charge in [-0.3, -0.25) is 4.79 Å². The van der Waals surface area contributed by atoms with Crippen molar-refractivity contribution in [3.63, 3.8) is 0 Å². The first-order chi connectivity index (χ1) is 11.1. The number of nitrogens with one attached hydrogen (secondary N) is 1. The van der Waals surface area contributed by atoms with Crippen LogP contribution in [0.2, 0.25) is 0 Å². The van der Waals surface area contributed by atoms with Crippen LogP contribution in [0.25, 0.3) is 0 Å². The van der Waals surface area contributed by atoms with E-state index in [0.29, 0.717) is 32.5 Å². The third-order valence-corrected chi connectivity index (χ3v) is 4.77. The van der Waals surface area contributed by atoms with Gasteiger partial charge in [-0.05, 0) is 43.6 Å². The maximum absolute atomic E-state index is 13.4. The summed E-state index contributed by atoms with van der Waals surface area (Å²) in [5.41, 5.74) is 0.0222. The SMILES string of the molecule is COC1(C(=O)N2CCOC(c3cccc(F)c3)C2)CCNCC1. The van der Waals surface area contributed by atoms with Crippen molar-refractivity contribution < 1.29 is 18.7 Å². The number of rotatable bonds is 3. The molecule has 1 amide bonds. The average molecular weight is 322 g/mol. The Kier molecular flexibility index (Phi) is 4.94. The molecule has 2 aliphatic heterocycles. The first-order valence-electron chi connectivity index (χ1n) is 8.07. The molecule has 5 nitrogen and oxygen atoms in total. The van der Waals surface area contributed by atoms with Gasteiger partial charge in [-0.25, -0.2) is 4.39 Å². The number of piperidine rings is 1. The summed E-state index contributed by atoms with van der Waals surface area (Å²) in [6.45, 7) is 2.98. The van der Waals surface area contributed by atoms with Crippen LogP contribution in [0.3, 0.4) is 0 Å². The molecule has 6 heteroatoms. The number of benzene rings is 1. The molecular formula is C17H23FN2O3. The molecule has 2 saturated heterocycles. The van der Waals surface area contributed by atoms with Crippen LogP contribution in [0.5, 0.6) is 0 Å². The highest BCUT2D eigenvalue weighted by Crippen LogP contribution is 2.29. The lowest BCUT2D eigenvalue weighted by Crippen LogP contribution is -2.57. The Hall–Kier alpha value is -1.50. The number of carbonyl (C=O) groups excluding carboxylic acids is 1. The summed E-state index contributed by atoms with van der Waals surface area (Å²) in [4.78, 5) is 14.8. The highest BCUT2D eigenvalue weighted by Gasteiger charge is 2.43. The number of hydrogen-bond acceptors (Lipinski definition) is 4. The van der Waals surface area contributed by atoms with Crippen molar-refractivity contribution in [1.29, 1.82) is 0 Å². The van der Waals surface area contributed by atoms with E-state index in [2.05, 4.69) is 5.32 Å². The smallest absolute Gasteiger partial charge is 0.255 e. The number of amides is 1. The fourth-order valence-electron chi connectivity index (χ4n) is 3.37. The van der Waals surface area contributed by atoms with E-state index < -0.39 is 5.60 Å². The van der Waals surface area contributed by atoms with E-state index in [9.17, 15) is 9.18 Å². The largest absolute Gasteiger partial charge is 0.370 e. The molecule has 0 spiro atoms. The molecule has 0 bridgehead atoms. The molecule has 1 aromatic carbocycles. The zero-order valence-corrected chi connectivity index (χ0v) is 13.4. The van der Waals surface area contributed by atoms with Gasteiger partial charge >= 0.3 is 0 Å². The van der Waals surface area contributed by atoms with E-state index in [1.165, 1.54) is 12.1 Å². The second-order valence-corrected chi connectivity index (χ2v) is 6.11. The van der Waals surface area contributed by atoms with Crippen LogP contribution in [0, 0.1) is 5.82 Å². The van der Waals surface area contributed by atoms with Gasteiger partial charge in [0.2, 0.25) is 0 Å². The maximum atomic E-state index is 13.4. The summed E-state index contributed by atoms with van der Waals surface area (Å²) < 4.78 is 24.8. The van der Waals surface area contributed by atoms with Crippen LogP contribution in [0.1, 0.15) is 24.5 Å². The molecule has 0 radical (unpaired) electrons. The molecule has 126 valence electrons. The minimum atomic E-state index is -0.741. The highest BCUT2D eigenvalue weighted by atomic mass is 19.1. The minimum Gasteiger partial charge on any atom is -0.370 e. The Bertz CT molecular complexity index is 561. The lowest BCUT2D eigenvalue weighted by molar-refractivity contribution is -0.165. The number of morpholine rings is 1. The van der Waals surface area contributed by atoms with Crippen LogP contribution >= 0.6 is 0 Å². The fourth-order valence-corrected chi connectivity index (χ4v) is 3.37. The standard InChI is InChI=1S/C17H23FN2O3/c1-22-17(5-7-19-8-6-17)16(21)20-9-10-23-15(12-20)13-3-2-4-14(18)11-13/h2-4,11,15,19H,5-10,12H2,1H3. The van der Waals surface area contributed by atoms with E-state index in [0.717, 1.165) is 18.7 Å². The zero-order valence-electron chi connectivity index (χ0n) is 13.4. The van der Waals surface area contributed by atoms with E-state index >= 15 is 0 Å². The van der Waals surface area contributed by atoms with Gasteiger partial charge in [0.1, 0.15) is 17.5 Å². The van der Waals surface area contributed by atoms with Gasteiger partial charge < -0.3 is 19.7 Å². The molecule has 1 N–H and O–H groups in total. The molecule has 0 aromatic heterocycles. The molecule has 0 saturated carbocycles.